The van der Waals surface area contributed by atoms with Gasteiger partial charge >= 0.3 is 0 Å². The fourth-order valence-corrected chi connectivity index (χ4v) is 4.35. The van der Waals surface area contributed by atoms with E-state index in [0.29, 0.717) is 59.1 Å². The standard InChI is InChI=1S/C29H25ClN2O4/c1-29(35)12-13-32(18-28(29)34)17-24-15-26(33)25-14-19(3-11-27(25)36-24)2-9-23-10-6-21(16-31-23)20-4-7-22(30)8-5-20/h3-8,10-11,14-16,28,34-35H,12-13,17-18H2,1H3/t28-,29+/m1/s1. The number of aliphatic hydroxyl groups excluding tert-OH is 1. The van der Waals surface area contributed by atoms with Gasteiger partial charge in [0.25, 0.3) is 0 Å². The van der Waals surface area contributed by atoms with Crippen LogP contribution in [0.5, 0.6) is 0 Å². The molecule has 2 atom stereocenters. The lowest BCUT2D eigenvalue weighted by atomic mass is 9.91. The zero-order chi connectivity index (χ0) is 25.3. The highest BCUT2D eigenvalue weighted by atomic mass is 35.5. The number of β-amino-alcohol motifs (C(OH)–C–C–N with tert-alkyl or cyclic N) is 1. The minimum atomic E-state index is -1.09. The van der Waals surface area contributed by atoms with Crippen LogP contribution in [0.4, 0.5) is 0 Å². The molecule has 1 fully saturated rings. The number of aliphatic hydroxyl groups is 2. The summed E-state index contributed by atoms with van der Waals surface area (Å²) in [5, 5.41) is 21.4. The molecular weight excluding hydrogens is 476 g/mol. The molecule has 2 N–H and O–H groups in total. The fourth-order valence-electron chi connectivity index (χ4n) is 4.23. The highest BCUT2D eigenvalue weighted by molar-refractivity contribution is 6.30. The number of aromatic nitrogens is 1. The van der Waals surface area contributed by atoms with E-state index in [9.17, 15) is 15.0 Å². The molecule has 0 radical (unpaired) electrons. The second-order valence-electron chi connectivity index (χ2n) is 9.33. The molecule has 0 amide bonds. The monoisotopic (exact) mass is 500 g/mol. The molecule has 2 aromatic heterocycles. The Labute approximate surface area is 213 Å². The lowest BCUT2D eigenvalue weighted by Gasteiger charge is -2.39. The minimum Gasteiger partial charge on any atom is -0.459 e. The predicted octanol–water partition coefficient (Wildman–Crippen LogP) is 4.23. The zero-order valence-electron chi connectivity index (χ0n) is 19.7. The number of pyridine rings is 1. The first kappa shape index (κ1) is 24.2. The van der Waals surface area contributed by atoms with Crippen molar-refractivity contribution in [3.63, 3.8) is 0 Å². The first-order valence-corrected chi connectivity index (χ1v) is 12.1. The van der Waals surface area contributed by atoms with Gasteiger partial charge in [0.15, 0.2) is 5.43 Å². The van der Waals surface area contributed by atoms with E-state index in [-0.39, 0.29) is 5.43 Å². The number of nitrogens with zero attached hydrogens (tertiary/aromatic N) is 2. The molecule has 2 aromatic carbocycles. The van der Waals surface area contributed by atoms with Gasteiger partial charge in [-0.1, -0.05) is 35.7 Å². The second kappa shape index (κ2) is 9.88. The Bertz CT molecular complexity index is 1520. The smallest absolute Gasteiger partial charge is 0.193 e. The molecule has 3 heterocycles. The predicted molar refractivity (Wildman–Crippen MR) is 140 cm³/mol. The van der Waals surface area contributed by atoms with Crippen molar-refractivity contribution < 1.29 is 14.6 Å². The topological polar surface area (TPSA) is 86.8 Å². The molecule has 0 unspecified atom stereocenters. The Balaban J connectivity index is 1.31. The Morgan fingerprint density at radius 2 is 1.89 bits per heavy atom. The summed E-state index contributed by atoms with van der Waals surface area (Å²) in [7, 11) is 0. The average Bonchev–Trinajstić information content (AvgIpc) is 2.86. The maximum absolute atomic E-state index is 12.8. The van der Waals surface area contributed by atoms with E-state index in [2.05, 4.69) is 16.8 Å². The Kier molecular flexibility index (Phi) is 6.65. The number of likely N-dealkylation sites (tertiary alicyclic amines) is 1. The van der Waals surface area contributed by atoms with Crippen LogP contribution in [0.1, 0.15) is 30.4 Å². The third kappa shape index (κ3) is 5.35. The molecule has 5 rings (SSSR count). The van der Waals surface area contributed by atoms with Gasteiger partial charge in [-0.05, 0) is 61.2 Å². The molecule has 4 aromatic rings. The van der Waals surface area contributed by atoms with Crippen LogP contribution in [0, 0.1) is 11.8 Å². The largest absolute Gasteiger partial charge is 0.459 e. The maximum atomic E-state index is 12.8. The van der Waals surface area contributed by atoms with E-state index in [0.717, 1.165) is 11.1 Å². The lowest BCUT2D eigenvalue weighted by molar-refractivity contribution is -0.109. The summed E-state index contributed by atoms with van der Waals surface area (Å²) in [5.74, 6) is 6.63. The number of hydrogen-bond donors (Lipinski definition) is 2. The van der Waals surface area contributed by atoms with E-state index in [1.165, 1.54) is 6.07 Å². The van der Waals surface area contributed by atoms with Crippen LogP contribution in [0.25, 0.3) is 22.1 Å². The van der Waals surface area contributed by atoms with Crippen LogP contribution >= 0.6 is 11.6 Å². The van der Waals surface area contributed by atoms with E-state index in [1.807, 2.05) is 47.4 Å². The van der Waals surface area contributed by atoms with Gasteiger partial charge in [0.05, 0.1) is 23.6 Å². The van der Waals surface area contributed by atoms with Crippen molar-refractivity contribution in [3.05, 3.63) is 99.1 Å². The first-order chi connectivity index (χ1) is 17.3. The quantitative estimate of drug-likeness (QED) is 0.409. The molecule has 7 heteroatoms. The van der Waals surface area contributed by atoms with Crippen LogP contribution in [0.15, 0.2) is 76.1 Å². The third-order valence-corrected chi connectivity index (χ3v) is 6.77. The Morgan fingerprint density at radius 3 is 2.61 bits per heavy atom. The van der Waals surface area contributed by atoms with Gasteiger partial charge in [0.1, 0.15) is 17.0 Å². The number of halogens is 1. The summed E-state index contributed by atoms with van der Waals surface area (Å²) in [4.78, 5) is 19.2. The molecule has 0 bridgehead atoms. The summed E-state index contributed by atoms with van der Waals surface area (Å²) in [5.41, 5.74) is 2.55. The molecule has 0 saturated carbocycles. The molecule has 6 nitrogen and oxygen atoms in total. The van der Waals surface area contributed by atoms with Crippen molar-refractivity contribution in [1.82, 2.24) is 9.88 Å². The molecule has 36 heavy (non-hydrogen) atoms. The number of benzene rings is 2. The van der Waals surface area contributed by atoms with Gasteiger partial charge in [0.2, 0.25) is 0 Å². The van der Waals surface area contributed by atoms with Gasteiger partial charge in [-0.3, -0.25) is 9.69 Å². The van der Waals surface area contributed by atoms with Crippen LogP contribution in [-0.4, -0.2) is 44.9 Å². The minimum absolute atomic E-state index is 0.148. The van der Waals surface area contributed by atoms with Crippen molar-refractivity contribution in [2.24, 2.45) is 0 Å². The van der Waals surface area contributed by atoms with Crippen molar-refractivity contribution in [1.29, 1.82) is 0 Å². The number of piperidine rings is 1. The summed E-state index contributed by atoms with van der Waals surface area (Å²) < 4.78 is 5.96. The Morgan fingerprint density at radius 1 is 1.11 bits per heavy atom. The molecule has 1 aliphatic rings. The summed E-state index contributed by atoms with van der Waals surface area (Å²) in [6.45, 7) is 2.95. The van der Waals surface area contributed by atoms with Crippen molar-refractivity contribution in [2.75, 3.05) is 13.1 Å². The van der Waals surface area contributed by atoms with E-state index in [1.54, 1.807) is 25.3 Å². The van der Waals surface area contributed by atoms with Crippen LogP contribution in [0.3, 0.4) is 0 Å². The van der Waals surface area contributed by atoms with E-state index < -0.39 is 11.7 Å². The zero-order valence-corrected chi connectivity index (χ0v) is 20.5. The molecular formula is C29H25ClN2O4. The molecule has 0 aliphatic carbocycles. The normalized spacial score (nSPS) is 20.2. The molecule has 1 aliphatic heterocycles. The molecule has 182 valence electrons. The first-order valence-electron chi connectivity index (χ1n) is 11.7. The maximum Gasteiger partial charge on any atom is 0.193 e. The third-order valence-electron chi connectivity index (χ3n) is 6.52. The van der Waals surface area contributed by atoms with Gasteiger partial charge in [-0.2, -0.15) is 0 Å². The second-order valence-corrected chi connectivity index (χ2v) is 9.77. The number of fused-ring (bicyclic) bond motifs is 1. The van der Waals surface area contributed by atoms with Gasteiger partial charge in [-0.25, -0.2) is 4.98 Å². The fraction of sp³-hybridized carbons (Fsp3) is 0.241. The molecule has 1 saturated heterocycles. The van der Waals surface area contributed by atoms with Crippen molar-refractivity contribution in [2.45, 2.75) is 31.6 Å². The summed E-state index contributed by atoms with van der Waals surface area (Å²) >= 11 is 5.95. The summed E-state index contributed by atoms with van der Waals surface area (Å²) in [6, 6.07) is 18.1. The summed E-state index contributed by atoms with van der Waals surface area (Å²) in [6.07, 6.45) is 1.38. The highest BCUT2D eigenvalue weighted by Crippen LogP contribution is 2.24. The number of hydrogen-bond acceptors (Lipinski definition) is 6. The van der Waals surface area contributed by atoms with Crippen LogP contribution in [0.2, 0.25) is 5.02 Å². The average molecular weight is 501 g/mol. The molecule has 0 spiro atoms. The van der Waals surface area contributed by atoms with E-state index in [4.69, 9.17) is 16.0 Å². The van der Waals surface area contributed by atoms with Gasteiger partial charge in [-0.15, -0.1) is 0 Å². The van der Waals surface area contributed by atoms with Crippen molar-refractivity contribution in [3.8, 4) is 23.0 Å². The lowest BCUT2D eigenvalue weighted by Crippen LogP contribution is -2.53. The number of rotatable bonds is 3. The Hall–Kier alpha value is -3.47. The highest BCUT2D eigenvalue weighted by Gasteiger charge is 2.36. The van der Waals surface area contributed by atoms with E-state index >= 15 is 0 Å². The SMILES string of the molecule is C[C@]1(O)CCN(Cc2cc(=O)c3cc(C#Cc4ccc(-c5ccc(Cl)cc5)cn4)ccc3o2)C[C@H]1O. The van der Waals surface area contributed by atoms with Gasteiger partial charge < -0.3 is 14.6 Å². The van der Waals surface area contributed by atoms with Crippen LogP contribution < -0.4 is 5.43 Å². The van der Waals surface area contributed by atoms with Crippen molar-refractivity contribution >= 4 is 22.6 Å². The van der Waals surface area contributed by atoms with Crippen LogP contribution in [-0.2, 0) is 6.54 Å². The van der Waals surface area contributed by atoms with Gasteiger partial charge in [0, 0.05) is 41.5 Å².